The molecule has 21 heavy (non-hydrogen) atoms. The highest BCUT2D eigenvalue weighted by molar-refractivity contribution is 5.80. The summed E-state index contributed by atoms with van der Waals surface area (Å²) in [5, 5.41) is 3.36. The summed E-state index contributed by atoms with van der Waals surface area (Å²) in [6, 6.07) is 6.74. The molecule has 0 atom stereocenters. The van der Waals surface area contributed by atoms with Gasteiger partial charge >= 0.3 is 0 Å². The highest BCUT2D eigenvalue weighted by Gasteiger charge is 2.19. The second kappa shape index (κ2) is 7.86. The molecule has 1 aliphatic heterocycles. The van der Waals surface area contributed by atoms with Crippen LogP contribution in [0, 0.1) is 5.82 Å². The summed E-state index contributed by atoms with van der Waals surface area (Å²) in [5.74, 6) is 0.830. The topological polar surface area (TPSA) is 30.9 Å². The van der Waals surface area contributed by atoms with Gasteiger partial charge in [0.2, 0.25) is 0 Å². The maximum absolute atomic E-state index is 13.0. The standard InChI is InChI=1S/C16H25FN4/c1-3-9-19-16(18-4-2)21-12-10-20(11-13-21)15-7-5-14(17)6-8-15/h5-8H,3-4,9-13H2,1-2H3,(H,18,19). The number of piperazine rings is 1. The zero-order valence-corrected chi connectivity index (χ0v) is 13.0. The quantitative estimate of drug-likeness (QED) is 0.682. The number of guanidine groups is 1. The Labute approximate surface area is 126 Å². The Hall–Kier alpha value is -1.78. The average Bonchev–Trinajstić information content (AvgIpc) is 2.52. The van der Waals surface area contributed by atoms with E-state index in [9.17, 15) is 4.39 Å². The van der Waals surface area contributed by atoms with Gasteiger partial charge in [-0.25, -0.2) is 4.39 Å². The normalized spacial score (nSPS) is 16.2. The number of benzene rings is 1. The first-order valence-corrected chi connectivity index (χ1v) is 7.78. The van der Waals surface area contributed by atoms with Crippen molar-refractivity contribution in [3.8, 4) is 0 Å². The molecule has 0 bridgehead atoms. The van der Waals surface area contributed by atoms with Crippen LogP contribution in [0.1, 0.15) is 20.3 Å². The molecule has 0 radical (unpaired) electrons. The van der Waals surface area contributed by atoms with Crippen LogP contribution in [-0.2, 0) is 0 Å². The molecule has 0 unspecified atom stereocenters. The third-order valence-electron chi connectivity index (χ3n) is 3.59. The predicted octanol–water partition coefficient (Wildman–Crippen LogP) is 2.32. The fourth-order valence-corrected chi connectivity index (χ4v) is 2.47. The van der Waals surface area contributed by atoms with Gasteiger partial charge in [0.25, 0.3) is 0 Å². The van der Waals surface area contributed by atoms with Crippen LogP contribution in [0.4, 0.5) is 10.1 Å². The number of hydrogen-bond acceptors (Lipinski definition) is 2. The van der Waals surface area contributed by atoms with Gasteiger partial charge in [-0.1, -0.05) is 6.92 Å². The fourth-order valence-electron chi connectivity index (χ4n) is 2.47. The van der Waals surface area contributed by atoms with Crippen molar-refractivity contribution in [3.05, 3.63) is 30.1 Å². The van der Waals surface area contributed by atoms with Crippen LogP contribution in [0.2, 0.25) is 0 Å². The van der Waals surface area contributed by atoms with Crippen LogP contribution in [0.15, 0.2) is 29.3 Å². The molecule has 1 aromatic carbocycles. The van der Waals surface area contributed by atoms with Crippen LogP contribution in [0.25, 0.3) is 0 Å². The average molecular weight is 292 g/mol. The third kappa shape index (κ3) is 4.34. The molecule has 116 valence electrons. The Bertz CT molecular complexity index is 450. The van der Waals surface area contributed by atoms with Crippen molar-refractivity contribution in [1.29, 1.82) is 0 Å². The van der Waals surface area contributed by atoms with Crippen molar-refractivity contribution >= 4 is 11.6 Å². The molecule has 2 rings (SSSR count). The molecule has 5 heteroatoms. The number of hydrogen-bond donors (Lipinski definition) is 1. The van der Waals surface area contributed by atoms with Gasteiger partial charge in [-0.15, -0.1) is 0 Å². The van der Waals surface area contributed by atoms with E-state index >= 15 is 0 Å². The van der Waals surface area contributed by atoms with E-state index in [1.165, 1.54) is 12.1 Å². The molecule has 1 N–H and O–H groups in total. The SMILES string of the molecule is CCCN=C(NCC)N1CCN(c2ccc(F)cc2)CC1. The minimum Gasteiger partial charge on any atom is -0.368 e. The molecule has 1 heterocycles. The van der Waals surface area contributed by atoms with Crippen molar-refractivity contribution in [1.82, 2.24) is 10.2 Å². The molecule has 1 aliphatic rings. The molecule has 0 aromatic heterocycles. The van der Waals surface area contributed by atoms with E-state index in [0.29, 0.717) is 0 Å². The van der Waals surface area contributed by atoms with Gasteiger partial charge < -0.3 is 15.1 Å². The molecule has 1 fully saturated rings. The number of halogens is 1. The van der Waals surface area contributed by atoms with E-state index in [0.717, 1.165) is 57.3 Å². The summed E-state index contributed by atoms with van der Waals surface area (Å²) in [7, 11) is 0. The van der Waals surface area contributed by atoms with Gasteiger partial charge in [0.05, 0.1) is 0 Å². The van der Waals surface area contributed by atoms with Gasteiger partial charge in [0, 0.05) is 45.0 Å². The lowest BCUT2D eigenvalue weighted by atomic mass is 10.2. The monoisotopic (exact) mass is 292 g/mol. The van der Waals surface area contributed by atoms with Gasteiger partial charge in [-0.2, -0.15) is 0 Å². The Kier molecular flexibility index (Phi) is 5.84. The van der Waals surface area contributed by atoms with E-state index in [1.807, 2.05) is 12.1 Å². The highest BCUT2D eigenvalue weighted by atomic mass is 19.1. The largest absolute Gasteiger partial charge is 0.368 e. The lowest BCUT2D eigenvalue weighted by Crippen LogP contribution is -2.52. The van der Waals surface area contributed by atoms with Gasteiger partial charge in [0.1, 0.15) is 5.82 Å². The Balaban J connectivity index is 1.93. The second-order valence-electron chi connectivity index (χ2n) is 5.19. The zero-order chi connectivity index (χ0) is 15.1. The molecule has 1 saturated heterocycles. The maximum Gasteiger partial charge on any atom is 0.194 e. The van der Waals surface area contributed by atoms with E-state index in [1.54, 1.807) is 0 Å². The number of anilines is 1. The third-order valence-corrected chi connectivity index (χ3v) is 3.59. The predicted molar refractivity (Wildman–Crippen MR) is 86.5 cm³/mol. The highest BCUT2D eigenvalue weighted by Crippen LogP contribution is 2.16. The molecular weight excluding hydrogens is 267 g/mol. The zero-order valence-electron chi connectivity index (χ0n) is 13.0. The summed E-state index contributed by atoms with van der Waals surface area (Å²) in [4.78, 5) is 9.22. The molecule has 4 nitrogen and oxygen atoms in total. The van der Waals surface area contributed by atoms with E-state index < -0.39 is 0 Å². The smallest absolute Gasteiger partial charge is 0.194 e. The molecule has 0 saturated carbocycles. The fraction of sp³-hybridized carbons (Fsp3) is 0.562. The summed E-state index contributed by atoms with van der Waals surface area (Å²) in [6.07, 6.45) is 1.06. The Morgan fingerprint density at radius 1 is 1.14 bits per heavy atom. The lowest BCUT2D eigenvalue weighted by Gasteiger charge is -2.37. The van der Waals surface area contributed by atoms with Crippen LogP contribution in [0.5, 0.6) is 0 Å². The minimum absolute atomic E-state index is 0.182. The molecule has 1 aromatic rings. The number of aliphatic imine (C=N–C) groups is 1. The first-order valence-electron chi connectivity index (χ1n) is 7.78. The second-order valence-corrected chi connectivity index (χ2v) is 5.19. The first kappa shape index (κ1) is 15.6. The van der Waals surface area contributed by atoms with E-state index in [4.69, 9.17) is 0 Å². The molecule has 0 aliphatic carbocycles. The van der Waals surface area contributed by atoms with Gasteiger partial charge in [0.15, 0.2) is 5.96 Å². The van der Waals surface area contributed by atoms with Crippen molar-refractivity contribution in [3.63, 3.8) is 0 Å². The number of rotatable bonds is 4. The van der Waals surface area contributed by atoms with Crippen LogP contribution in [-0.4, -0.2) is 50.1 Å². The molecule has 0 amide bonds. The Morgan fingerprint density at radius 2 is 1.81 bits per heavy atom. The maximum atomic E-state index is 13.0. The summed E-state index contributed by atoms with van der Waals surface area (Å²) < 4.78 is 13.0. The van der Waals surface area contributed by atoms with Crippen molar-refractivity contribution in [2.45, 2.75) is 20.3 Å². The van der Waals surface area contributed by atoms with Crippen LogP contribution in [0.3, 0.4) is 0 Å². The number of nitrogens with zero attached hydrogens (tertiary/aromatic N) is 3. The minimum atomic E-state index is -0.182. The summed E-state index contributed by atoms with van der Waals surface area (Å²) >= 11 is 0. The molecular formula is C16H25FN4. The first-order chi connectivity index (χ1) is 10.2. The number of nitrogens with one attached hydrogen (secondary N) is 1. The summed E-state index contributed by atoms with van der Waals surface area (Å²) in [6.45, 7) is 9.72. The van der Waals surface area contributed by atoms with Crippen LogP contribution < -0.4 is 10.2 Å². The van der Waals surface area contributed by atoms with Crippen molar-refractivity contribution < 1.29 is 4.39 Å². The van der Waals surface area contributed by atoms with E-state index in [-0.39, 0.29) is 5.82 Å². The van der Waals surface area contributed by atoms with Gasteiger partial charge in [-0.3, -0.25) is 4.99 Å². The molecule has 0 spiro atoms. The Morgan fingerprint density at radius 3 is 2.38 bits per heavy atom. The van der Waals surface area contributed by atoms with Gasteiger partial charge in [-0.05, 0) is 37.6 Å². The summed E-state index contributed by atoms with van der Waals surface area (Å²) in [5.41, 5.74) is 1.09. The van der Waals surface area contributed by atoms with Crippen molar-refractivity contribution in [2.24, 2.45) is 4.99 Å². The van der Waals surface area contributed by atoms with E-state index in [2.05, 4.69) is 34.0 Å². The van der Waals surface area contributed by atoms with Crippen LogP contribution >= 0.6 is 0 Å². The van der Waals surface area contributed by atoms with Crippen molar-refractivity contribution in [2.75, 3.05) is 44.2 Å². The lowest BCUT2D eigenvalue weighted by molar-refractivity contribution is 0.372.